The van der Waals surface area contributed by atoms with Crippen LogP contribution in [-0.2, 0) is 6.54 Å². The van der Waals surface area contributed by atoms with Crippen molar-refractivity contribution in [3.05, 3.63) is 45.7 Å². The highest BCUT2D eigenvalue weighted by Gasteiger charge is 2.10. The Bertz CT molecular complexity index is 633. The molecule has 0 saturated heterocycles. The number of nitrogens with one attached hydrogen (secondary N) is 1. The van der Waals surface area contributed by atoms with Gasteiger partial charge in [0.2, 0.25) is 0 Å². The molecule has 0 amide bonds. The molecular weight excluding hydrogens is 299 g/mol. The summed E-state index contributed by atoms with van der Waals surface area (Å²) in [4.78, 5) is 4.05. The zero-order valence-corrected chi connectivity index (χ0v) is 12.6. The van der Waals surface area contributed by atoms with Crippen LogP contribution in [0.4, 0.5) is 5.69 Å². The van der Waals surface area contributed by atoms with E-state index >= 15 is 0 Å². The summed E-state index contributed by atoms with van der Waals surface area (Å²) in [6, 6.07) is 5.13. The van der Waals surface area contributed by atoms with Gasteiger partial charge in [-0.2, -0.15) is 0 Å². The second-order valence-electron chi connectivity index (χ2n) is 4.30. The molecule has 0 spiro atoms. The van der Waals surface area contributed by atoms with E-state index in [9.17, 15) is 5.11 Å². The quantitative estimate of drug-likeness (QED) is 0.837. The molecule has 1 aromatic carbocycles. The highest BCUT2D eigenvalue weighted by molar-refractivity contribution is 6.31. The molecule has 0 aliphatic rings. The van der Waals surface area contributed by atoms with Gasteiger partial charge in [-0.25, -0.2) is 4.98 Å². The molecular formula is C14H14Cl2N2O2. The Morgan fingerprint density at radius 2 is 2.05 bits per heavy atom. The first-order valence-corrected chi connectivity index (χ1v) is 6.68. The molecule has 0 aliphatic heterocycles. The smallest absolute Gasteiger partial charge is 0.162 e. The Kier molecular flexibility index (Phi) is 4.57. The van der Waals surface area contributed by atoms with Gasteiger partial charge in [-0.15, -0.1) is 0 Å². The predicted molar refractivity (Wildman–Crippen MR) is 81.0 cm³/mol. The number of phenolic OH excluding ortho intramolecular Hbond substituents is 1. The number of aromatic hydroxyl groups is 1. The molecule has 0 radical (unpaired) electrons. The van der Waals surface area contributed by atoms with E-state index < -0.39 is 0 Å². The number of phenols is 1. The first-order chi connectivity index (χ1) is 9.51. The topological polar surface area (TPSA) is 54.4 Å². The van der Waals surface area contributed by atoms with E-state index in [1.165, 1.54) is 7.11 Å². The average molecular weight is 313 g/mol. The van der Waals surface area contributed by atoms with Crippen LogP contribution < -0.4 is 10.1 Å². The third-order valence-corrected chi connectivity index (χ3v) is 3.45. The maximum Gasteiger partial charge on any atom is 0.162 e. The average Bonchev–Trinajstić information content (AvgIpc) is 2.43. The monoisotopic (exact) mass is 312 g/mol. The van der Waals surface area contributed by atoms with Crippen molar-refractivity contribution in [2.45, 2.75) is 13.5 Å². The highest BCUT2D eigenvalue weighted by Crippen LogP contribution is 2.33. The van der Waals surface area contributed by atoms with Crippen molar-refractivity contribution in [3.63, 3.8) is 0 Å². The molecule has 0 fully saturated rings. The summed E-state index contributed by atoms with van der Waals surface area (Å²) < 4.78 is 5.06. The third-order valence-electron chi connectivity index (χ3n) is 2.84. The minimum absolute atomic E-state index is 0.0723. The van der Waals surface area contributed by atoms with Gasteiger partial charge in [0.25, 0.3) is 0 Å². The van der Waals surface area contributed by atoms with Gasteiger partial charge >= 0.3 is 0 Å². The largest absolute Gasteiger partial charge is 0.504 e. The lowest BCUT2D eigenvalue weighted by Gasteiger charge is -2.12. The number of nitrogens with zero attached hydrogens (tertiary/aromatic N) is 1. The summed E-state index contributed by atoms with van der Waals surface area (Å²) >= 11 is 11.9. The molecule has 20 heavy (non-hydrogen) atoms. The zero-order valence-electron chi connectivity index (χ0n) is 11.1. The fourth-order valence-corrected chi connectivity index (χ4v) is 2.10. The number of benzene rings is 1. The number of halogens is 2. The lowest BCUT2D eigenvalue weighted by atomic mass is 10.1. The number of methoxy groups -OCH3 is 1. The number of pyridine rings is 1. The lowest BCUT2D eigenvalue weighted by Crippen LogP contribution is -2.01. The van der Waals surface area contributed by atoms with Crippen LogP contribution in [-0.4, -0.2) is 17.2 Å². The van der Waals surface area contributed by atoms with Gasteiger partial charge in [-0.1, -0.05) is 23.2 Å². The Balaban J connectivity index is 2.18. The number of aryl methyl sites for hydroxylation is 1. The van der Waals surface area contributed by atoms with Crippen molar-refractivity contribution < 1.29 is 9.84 Å². The van der Waals surface area contributed by atoms with Crippen LogP contribution in [0.1, 0.15) is 11.1 Å². The molecule has 0 aliphatic carbocycles. The number of ether oxygens (including phenoxy) is 1. The van der Waals surface area contributed by atoms with E-state index in [0.29, 0.717) is 28.0 Å². The fraction of sp³-hybridized carbons (Fsp3) is 0.214. The van der Waals surface area contributed by atoms with Crippen LogP contribution in [0.15, 0.2) is 24.4 Å². The summed E-state index contributed by atoms with van der Waals surface area (Å²) in [5.41, 5.74) is 2.33. The molecule has 106 valence electrons. The SMILES string of the molecule is COc1cc(Cl)cc(CNc2cnc(Cl)c(C)c2)c1O. The Labute approximate surface area is 127 Å². The van der Waals surface area contributed by atoms with Gasteiger partial charge in [0, 0.05) is 23.2 Å². The predicted octanol–water partition coefficient (Wildman–Crippen LogP) is 4.02. The first kappa shape index (κ1) is 14.8. The maximum atomic E-state index is 10.0. The molecule has 0 atom stereocenters. The standard InChI is InChI=1S/C14H14Cl2N2O2/c1-8-3-11(7-18-14(8)16)17-6-9-4-10(15)5-12(20-2)13(9)19/h3-5,7,17,19H,6H2,1-2H3. The molecule has 2 N–H and O–H groups in total. The number of hydrogen-bond donors (Lipinski definition) is 2. The van der Waals surface area contributed by atoms with Gasteiger partial charge < -0.3 is 15.2 Å². The number of rotatable bonds is 4. The molecule has 1 heterocycles. The van der Waals surface area contributed by atoms with E-state index in [2.05, 4.69) is 10.3 Å². The van der Waals surface area contributed by atoms with Gasteiger partial charge in [-0.3, -0.25) is 0 Å². The van der Waals surface area contributed by atoms with Gasteiger partial charge in [0.05, 0.1) is 19.0 Å². The minimum atomic E-state index is 0.0723. The minimum Gasteiger partial charge on any atom is -0.504 e. The van der Waals surface area contributed by atoms with Crippen molar-refractivity contribution >= 4 is 28.9 Å². The molecule has 4 nitrogen and oxygen atoms in total. The van der Waals surface area contributed by atoms with Crippen LogP contribution in [0.5, 0.6) is 11.5 Å². The van der Waals surface area contributed by atoms with E-state index in [1.807, 2.05) is 13.0 Å². The van der Waals surface area contributed by atoms with Crippen molar-refractivity contribution in [1.82, 2.24) is 4.98 Å². The van der Waals surface area contributed by atoms with E-state index in [0.717, 1.165) is 11.3 Å². The molecule has 0 saturated carbocycles. The summed E-state index contributed by atoms with van der Waals surface area (Å²) in [5, 5.41) is 14.2. The van der Waals surface area contributed by atoms with Crippen molar-refractivity contribution in [2.75, 3.05) is 12.4 Å². The molecule has 0 bridgehead atoms. The van der Waals surface area contributed by atoms with Crippen molar-refractivity contribution in [1.29, 1.82) is 0 Å². The molecule has 2 rings (SSSR count). The Morgan fingerprint density at radius 1 is 1.30 bits per heavy atom. The summed E-state index contributed by atoms with van der Waals surface area (Å²) in [6.45, 7) is 2.27. The Hall–Kier alpha value is -1.65. The fourth-order valence-electron chi connectivity index (χ4n) is 1.77. The molecule has 1 aromatic heterocycles. The maximum absolute atomic E-state index is 10.0. The second-order valence-corrected chi connectivity index (χ2v) is 5.10. The number of aromatic nitrogens is 1. The van der Waals surface area contributed by atoms with E-state index in [1.54, 1.807) is 18.3 Å². The normalized spacial score (nSPS) is 10.4. The summed E-state index contributed by atoms with van der Waals surface area (Å²) in [7, 11) is 1.48. The lowest BCUT2D eigenvalue weighted by molar-refractivity contribution is 0.371. The Morgan fingerprint density at radius 3 is 2.70 bits per heavy atom. The molecule has 6 heteroatoms. The molecule has 0 unspecified atom stereocenters. The van der Waals surface area contributed by atoms with Crippen LogP contribution in [0.2, 0.25) is 10.2 Å². The summed E-state index contributed by atoms with van der Waals surface area (Å²) in [5.74, 6) is 0.419. The summed E-state index contributed by atoms with van der Waals surface area (Å²) in [6.07, 6.45) is 1.63. The van der Waals surface area contributed by atoms with Crippen LogP contribution >= 0.6 is 23.2 Å². The van der Waals surface area contributed by atoms with Gasteiger partial charge in [-0.05, 0) is 24.6 Å². The molecule has 2 aromatic rings. The van der Waals surface area contributed by atoms with E-state index in [4.69, 9.17) is 27.9 Å². The highest BCUT2D eigenvalue weighted by atomic mass is 35.5. The number of anilines is 1. The number of hydrogen-bond acceptors (Lipinski definition) is 4. The third kappa shape index (κ3) is 3.26. The van der Waals surface area contributed by atoms with Gasteiger partial charge in [0.1, 0.15) is 5.15 Å². The van der Waals surface area contributed by atoms with Crippen molar-refractivity contribution in [3.8, 4) is 11.5 Å². The zero-order chi connectivity index (χ0) is 14.7. The van der Waals surface area contributed by atoms with Crippen LogP contribution in [0.25, 0.3) is 0 Å². The van der Waals surface area contributed by atoms with E-state index in [-0.39, 0.29) is 5.75 Å². The van der Waals surface area contributed by atoms with Crippen LogP contribution in [0.3, 0.4) is 0 Å². The second kappa shape index (κ2) is 6.20. The first-order valence-electron chi connectivity index (χ1n) is 5.92. The van der Waals surface area contributed by atoms with Gasteiger partial charge in [0.15, 0.2) is 11.5 Å². The van der Waals surface area contributed by atoms with Crippen molar-refractivity contribution in [2.24, 2.45) is 0 Å². The van der Waals surface area contributed by atoms with Crippen LogP contribution in [0, 0.1) is 6.92 Å².